The first kappa shape index (κ1) is 28.5. The van der Waals surface area contributed by atoms with E-state index in [0.29, 0.717) is 49.7 Å². The molecule has 9 heteroatoms. The van der Waals surface area contributed by atoms with Gasteiger partial charge in [0.05, 0.1) is 7.11 Å². The standard InChI is InChI=1S/C31H37N5O4/c1-4-17-36(30(38)24-7-15-28(40-3)16-8-24)22-29(37)32-25-11-13-27(14-12-25)34-18-20-35(21-19-34)31(39)33-26-9-5-23(2)6-10-26/h5-16H,4,17-22H2,1-3H3,(H,32,37)(H,33,39). The summed E-state index contributed by atoms with van der Waals surface area (Å²) in [5.41, 5.74) is 4.14. The number of hydrogen-bond donors (Lipinski definition) is 2. The van der Waals surface area contributed by atoms with Gasteiger partial charge in [0.1, 0.15) is 12.3 Å². The first-order valence-electron chi connectivity index (χ1n) is 13.6. The van der Waals surface area contributed by atoms with Crippen LogP contribution < -0.4 is 20.3 Å². The van der Waals surface area contributed by atoms with Crippen LogP contribution in [0.2, 0.25) is 0 Å². The zero-order chi connectivity index (χ0) is 28.5. The van der Waals surface area contributed by atoms with Crippen LogP contribution >= 0.6 is 0 Å². The fourth-order valence-corrected chi connectivity index (χ4v) is 4.58. The first-order valence-corrected chi connectivity index (χ1v) is 13.6. The van der Waals surface area contributed by atoms with Gasteiger partial charge in [-0.05, 0) is 74.0 Å². The van der Waals surface area contributed by atoms with Crippen molar-refractivity contribution in [3.05, 3.63) is 83.9 Å². The van der Waals surface area contributed by atoms with Crippen molar-refractivity contribution in [2.75, 3.05) is 61.9 Å². The number of urea groups is 1. The summed E-state index contributed by atoms with van der Waals surface area (Å²) in [5, 5.41) is 5.86. The van der Waals surface area contributed by atoms with Crippen molar-refractivity contribution in [2.45, 2.75) is 20.3 Å². The Morgan fingerprint density at radius 1 is 0.825 bits per heavy atom. The molecule has 1 heterocycles. The molecular weight excluding hydrogens is 506 g/mol. The zero-order valence-electron chi connectivity index (χ0n) is 23.4. The Balaban J connectivity index is 1.27. The highest BCUT2D eigenvalue weighted by Crippen LogP contribution is 2.20. The summed E-state index contributed by atoms with van der Waals surface area (Å²) in [6, 6.07) is 22.2. The normalized spacial score (nSPS) is 13.0. The summed E-state index contributed by atoms with van der Waals surface area (Å²) in [5.74, 6) is 0.225. The number of amides is 4. The van der Waals surface area contributed by atoms with Gasteiger partial charge < -0.3 is 30.1 Å². The molecule has 0 spiro atoms. The number of hydrogen-bond acceptors (Lipinski definition) is 5. The Labute approximate surface area is 235 Å². The molecule has 210 valence electrons. The van der Waals surface area contributed by atoms with Crippen molar-refractivity contribution in [1.29, 1.82) is 0 Å². The van der Waals surface area contributed by atoms with Crippen LogP contribution in [0.4, 0.5) is 21.9 Å². The predicted octanol–water partition coefficient (Wildman–Crippen LogP) is 4.85. The van der Waals surface area contributed by atoms with Crippen molar-refractivity contribution in [3.8, 4) is 5.75 Å². The Hall–Kier alpha value is -4.53. The highest BCUT2D eigenvalue weighted by molar-refractivity contribution is 5.99. The molecule has 0 radical (unpaired) electrons. The quantitative estimate of drug-likeness (QED) is 0.403. The van der Waals surface area contributed by atoms with E-state index in [4.69, 9.17) is 4.74 Å². The summed E-state index contributed by atoms with van der Waals surface area (Å²) in [4.78, 5) is 44.0. The summed E-state index contributed by atoms with van der Waals surface area (Å²) >= 11 is 0. The smallest absolute Gasteiger partial charge is 0.321 e. The number of methoxy groups -OCH3 is 1. The summed E-state index contributed by atoms with van der Waals surface area (Å²) in [7, 11) is 1.58. The lowest BCUT2D eigenvalue weighted by Crippen LogP contribution is -2.50. The largest absolute Gasteiger partial charge is 0.497 e. The molecule has 40 heavy (non-hydrogen) atoms. The number of carbonyl (C=O) groups is 3. The van der Waals surface area contributed by atoms with Crippen LogP contribution in [0, 0.1) is 6.92 Å². The molecule has 0 unspecified atom stereocenters. The molecule has 0 atom stereocenters. The number of aryl methyl sites for hydroxylation is 1. The van der Waals surface area contributed by atoms with E-state index >= 15 is 0 Å². The number of nitrogens with zero attached hydrogens (tertiary/aromatic N) is 3. The topological polar surface area (TPSA) is 94.2 Å². The lowest BCUT2D eigenvalue weighted by molar-refractivity contribution is -0.116. The van der Waals surface area contributed by atoms with Gasteiger partial charge in [-0.15, -0.1) is 0 Å². The fourth-order valence-electron chi connectivity index (χ4n) is 4.58. The van der Waals surface area contributed by atoms with Crippen LogP contribution in [0.25, 0.3) is 0 Å². The number of nitrogens with one attached hydrogen (secondary N) is 2. The molecule has 1 saturated heterocycles. The highest BCUT2D eigenvalue weighted by atomic mass is 16.5. The first-order chi connectivity index (χ1) is 19.4. The Bertz CT molecular complexity index is 1280. The molecule has 0 bridgehead atoms. The summed E-state index contributed by atoms with van der Waals surface area (Å²) in [6.45, 7) is 7.09. The van der Waals surface area contributed by atoms with E-state index in [1.54, 1.807) is 36.3 Å². The van der Waals surface area contributed by atoms with E-state index < -0.39 is 0 Å². The molecule has 1 aliphatic rings. The van der Waals surface area contributed by atoms with E-state index in [-0.39, 0.29) is 24.4 Å². The number of carbonyl (C=O) groups excluding carboxylic acids is 3. The van der Waals surface area contributed by atoms with E-state index in [2.05, 4.69) is 15.5 Å². The number of rotatable bonds is 9. The average Bonchev–Trinajstić information content (AvgIpc) is 2.98. The minimum Gasteiger partial charge on any atom is -0.497 e. The van der Waals surface area contributed by atoms with Crippen molar-refractivity contribution in [3.63, 3.8) is 0 Å². The molecule has 4 amide bonds. The predicted molar refractivity (Wildman–Crippen MR) is 158 cm³/mol. The van der Waals surface area contributed by atoms with E-state index in [9.17, 15) is 14.4 Å². The number of ether oxygens (including phenoxy) is 1. The lowest BCUT2D eigenvalue weighted by Gasteiger charge is -2.36. The van der Waals surface area contributed by atoms with Crippen molar-refractivity contribution in [2.24, 2.45) is 0 Å². The maximum Gasteiger partial charge on any atom is 0.321 e. The van der Waals surface area contributed by atoms with Crippen LogP contribution in [-0.2, 0) is 4.79 Å². The minimum atomic E-state index is -0.253. The summed E-state index contributed by atoms with van der Waals surface area (Å²) in [6.07, 6.45) is 0.741. The molecular formula is C31H37N5O4. The van der Waals surface area contributed by atoms with Crippen LogP contribution in [0.1, 0.15) is 29.3 Å². The maximum atomic E-state index is 13.0. The third-order valence-corrected chi connectivity index (χ3v) is 6.84. The van der Waals surface area contributed by atoms with Crippen molar-refractivity contribution >= 4 is 34.9 Å². The monoisotopic (exact) mass is 543 g/mol. The van der Waals surface area contributed by atoms with Gasteiger partial charge >= 0.3 is 6.03 Å². The molecule has 3 aromatic carbocycles. The molecule has 1 fully saturated rings. The fraction of sp³-hybridized carbons (Fsp3) is 0.323. The van der Waals surface area contributed by atoms with E-state index in [0.717, 1.165) is 23.4 Å². The zero-order valence-corrected chi connectivity index (χ0v) is 23.4. The van der Waals surface area contributed by atoms with Crippen molar-refractivity contribution in [1.82, 2.24) is 9.80 Å². The lowest BCUT2D eigenvalue weighted by atomic mass is 10.2. The number of anilines is 3. The Morgan fingerprint density at radius 2 is 1.43 bits per heavy atom. The molecule has 0 aromatic heterocycles. The number of benzene rings is 3. The van der Waals surface area contributed by atoms with Gasteiger partial charge in [0.25, 0.3) is 5.91 Å². The van der Waals surface area contributed by atoms with Crippen molar-refractivity contribution < 1.29 is 19.1 Å². The molecule has 2 N–H and O–H groups in total. The molecule has 0 aliphatic carbocycles. The van der Waals surface area contributed by atoms with Gasteiger partial charge in [-0.25, -0.2) is 4.79 Å². The molecule has 3 aromatic rings. The van der Waals surface area contributed by atoms with Gasteiger partial charge in [0, 0.05) is 55.3 Å². The summed E-state index contributed by atoms with van der Waals surface area (Å²) < 4.78 is 5.16. The Kier molecular flexibility index (Phi) is 9.62. The van der Waals surface area contributed by atoms with Gasteiger partial charge in [0.2, 0.25) is 5.91 Å². The van der Waals surface area contributed by atoms with E-state index in [1.807, 2.05) is 67.3 Å². The Morgan fingerprint density at radius 3 is 2.02 bits per heavy atom. The number of piperazine rings is 1. The van der Waals surface area contributed by atoms with Crippen LogP contribution in [0.5, 0.6) is 5.75 Å². The van der Waals surface area contributed by atoms with Crippen LogP contribution in [0.3, 0.4) is 0 Å². The average molecular weight is 544 g/mol. The molecule has 1 aliphatic heterocycles. The maximum absolute atomic E-state index is 13.0. The van der Waals surface area contributed by atoms with E-state index in [1.165, 1.54) is 0 Å². The van der Waals surface area contributed by atoms with Gasteiger partial charge in [-0.1, -0.05) is 24.6 Å². The third kappa shape index (κ3) is 7.53. The second kappa shape index (κ2) is 13.5. The van der Waals surface area contributed by atoms with Gasteiger partial charge in [-0.2, -0.15) is 0 Å². The van der Waals surface area contributed by atoms with Gasteiger partial charge in [0.15, 0.2) is 0 Å². The SMILES string of the molecule is CCCN(CC(=O)Nc1ccc(N2CCN(C(=O)Nc3ccc(C)cc3)CC2)cc1)C(=O)c1ccc(OC)cc1. The third-order valence-electron chi connectivity index (χ3n) is 6.84. The second-order valence-electron chi connectivity index (χ2n) is 9.82. The van der Waals surface area contributed by atoms with Crippen LogP contribution in [0.15, 0.2) is 72.8 Å². The molecule has 4 rings (SSSR count). The second-order valence-corrected chi connectivity index (χ2v) is 9.82. The van der Waals surface area contributed by atoms with Crippen LogP contribution in [-0.4, -0.2) is 74.0 Å². The minimum absolute atomic E-state index is 0.0347. The highest BCUT2D eigenvalue weighted by Gasteiger charge is 2.22. The molecule has 0 saturated carbocycles. The van der Waals surface area contributed by atoms with Gasteiger partial charge in [-0.3, -0.25) is 9.59 Å². The molecule has 9 nitrogen and oxygen atoms in total.